The summed E-state index contributed by atoms with van der Waals surface area (Å²) in [6.07, 6.45) is 0. The van der Waals surface area contributed by atoms with Gasteiger partial charge in [0, 0.05) is 16.8 Å². The molecule has 0 bridgehead atoms. The summed E-state index contributed by atoms with van der Waals surface area (Å²) in [6, 6.07) is 14.0. The summed E-state index contributed by atoms with van der Waals surface area (Å²) in [7, 11) is 1.58. The Labute approximate surface area is 122 Å². The minimum atomic E-state index is -0.214. The topological polar surface area (TPSA) is 70.9 Å². The van der Waals surface area contributed by atoms with Gasteiger partial charge in [0.1, 0.15) is 5.75 Å². The quantitative estimate of drug-likeness (QED) is 0.514. The zero-order valence-corrected chi connectivity index (χ0v) is 11.8. The molecule has 1 amide bonds. The lowest BCUT2D eigenvalue weighted by Crippen LogP contribution is -2.12. The van der Waals surface area contributed by atoms with Crippen molar-refractivity contribution in [2.24, 2.45) is 5.16 Å². The molecule has 0 saturated heterocycles. The van der Waals surface area contributed by atoms with Crippen molar-refractivity contribution in [3.63, 3.8) is 0 Å². The smallest absolute Gasteiger partial charge is 0.255 e. The highest BCUT2D eigenvalue weighted by Crippen LogP contribution is 2.15. The van der Waals surface area contributed by atoms with Gasteiger partial charge in [-0.3, -0.25) is 4.79 Å². The SMILES string of the molecule is COc1ccc(C(=O)Nc2cccc(/C(C)=N/O)c2)cc1. The highest BCUT2D eigenvalue weighted by molar-refractivity contribution is 6.05. The molecule has 0 radical (unpaired) electrons. The third-order valence-electron chi connectivity index (χ3n) is 3.04. The van der Waals surface area contributed by atoms with E-state index in [-0.39, 0.29) is 5.91 Å². The van der Waals surface area contributed by atoms with Gasteiger partial charge in [-0.25, -0.2) is 0 Å². The van der Waals surface area contributed by atoms with Crippen molar-refractivity contribution in [2.75, 3.05) is 12.4 Å². The van der Waals surface area contributed by atoms with Crippen LogP contribution in [-0.2, 0) is 0 Å². The number of ether oxygens (including phenoxy) is 1. The summed E-state index contributed by atoms with van der Waals surface area (Å²) < 4.78 is 5.05. The summed E-state index contributed by atoms with van der Waals surface area (Å²) in [6.45, 7) is 1.68. The van der Waals surface area contributed by atoms with Crippen molar-refractivity contribution in [1.29, 1.82) is 0 Å². The van der Waals surface area contributed by atoms with Crippen LogP contribution < -0.4 is 10.1 Å². The molecule has 0 aliphatic heterocycles. The molecule has 5 nitrogen and oxygen atoms in total. The fourth-order valence-electron chi connectivity index (χ4n) is 1.83. The lowest BCUT2D eigenvalue weighted by Gasteiger charge is -2.07. The molecule has 0 saturated carbocycles. The van der Waals surface area contributed by atoms with Gasteiger partial charge in [0.2, 0.25) is 0 Å². The molecule has 0 spiro atoms. The van der Waals surface area contributed by atoms with Gasteiger partial charge in [0.15, 0.2) is 0 Å². The van der Waals surface area contributed by atoms with Gasteiger partial charge in [0.25, 0.3) is 5.91 Å². The van der Waals surface area contributed by atoms with Crippen LogP contribution in [0.3, 0.4) is 0 Å². The molecule has 0 aliphatic carbocycles. The zero-order chi connectivity index (χ0) is 15.2. The van der Waals surface area contributed by atoms with Crippen molar-refractivity contribution in [1.82, 2.24) is 0 Å². The predicted octanol–water partition coefficient (Wildman–Crippen LogP) is 3.15. The third-order valence-corrected chi connectivity index (χ3v) is 3.04. The maximum atomic E-state index is 12.1. The highest BCUT2D eigenvalue weighted by Gasteiger charge is 2.07. The molecule has 0 aliphatic rings. The summed E-state index contributed by atoms with van der Waals surface area (Å²) in [5, 5.41) is 14.7. The van der Waals surface area contributed by atoms with Gasteiger partial charge >= 0.3 is 0 Å². The molecular formula is C16H16N2O3. The van der Waals surface area contributed by atoms with Crippen LogP contribution in [0.25, 0.3) is 0 Å². The molecule has 108 valence electrons. The number of methoxy groups -OCH3 is 1. The molecule has 0 aromatic heterocycles. The predicted molar refractivity (Wildman–Crippen MR) is 81.4 cm³/mol. The number of oxime groups is 1. The number of hydrogen-bond donors (Lipinski definition) is 2. The van der Waals surface area contributed by atoms with Crippen LogP contribution in [0.5, 0.6) is 5.75 Å². The normalized spacial score (nSPS) is 11.0. The Hall–Kier alpha value is -2.82. The van der Waals surface area contributed by atoms with E-state index in [1.807, 2.05) is 0 Å². The van der Waals surface area contributed by atoms with Crippen LogP contribution in [0.1, 0.15) is 22.8 Å². The fraction of sp³-hybridized carbons (Fsp3) is 0.125. The number of nitrogens with one attached hydrogen (secondary N) is 1. The van der Waals surface area contributed by atoms with Crippen LogP contribution in [0.15, 0.2) is 53.7 Å². The molecule has 0 heterocycles. The maximum absolute atomic E-state index is 12.1. The van der Waals surface area contributed by atoms with Crippen LogP contribution in [-0.4, -0.2) is 23.9 Å². The molecule has 2 aromatic carbocycles. The van der Waals surface area contributed by atoms with Gasteiger partial charge in [-0.05, 0) is 43.3 Å². The van der Waals surface area contributed by atoms with Gasteiger partial charge in [0.05, 0.1) is 12.8 Å². The lowest BCUT2D eigenvalue weighted by molar-refractivity contribution is 0.102. The first kappa shape index (κ1) is 14.6. The summed E-state index contributed by atoms with van der Waals surface area (Å²) >= 11 is 0. The molecule has 21 heavy (non-hydrogen) atoms. The standard InChI is InChI=1S/C16H16N2O3/c1-11(18-20)13-4-3-5-14(10-13)17-16(19)12-6-8-15(21-2)9-7-12/h3-10,20H,1-2H3,(H,17,19)/b18-11+. The Bertz CT molecular complexity index is 663. The van der Waals surface area contributed by atoms with E-state index in [0.29, 0.717) is 22.7 Å². The molecule has 2 N–H and O–H groups in total. The minimum Gasteiger partial charge on any atom is -0.497 e. The molecule has 0 atom stereocenters. The van der Waals surface area contributed by atoms with E-state index in [4.69, 9.17) is 9.94 Å². The minimum absolute atomic E-state index is 0.214. The van der Waals surface area contributed by atoms with E-state index >= 15 is 0 Å². The molecule has 2 aromatic rings. The highest BCUT2D eigenvalue weighted by atomic mass is 16.5. The van der Waals surface area contributed by atoms with Gasteiger partial charge in [-0.2, -0.15) is 0 Å². The maximum Gasteiger partial charge on any atom is 0.255 e. The Morgan fingerprint density at radius 2 is 1.86 bits per heavy atom. The van der Waals surface area contributed by atoms with Crippen molar-refractivity contribution in [3.05, 3.63) is 59.7 Å². The number of carbonyl (C=O) groups is 1. The second kappa shape index (κ2) is 6.56. The number of carbonyl (C=O) groups excluding carboxylic acids is 1. The van der Waals surface area contributed by atoms with Crippen LogP contribution in [0, 0.1) is 0 Å². The molecule has 5 heteroatoms. The first-order valence-electron chi connectivity index (χ1n) is 6.38. The van der Waals surface area contributed by atoms with Crippen molar-refractivity contribution < 1.29 is 14.7 Å². The Morgan fingerprint density at radius 3 is 2.48 bits per heavy atom. The monoisotopic (exact) mass is 284 g/mol. The lowest BCUT2D eigenvalue weighted by atomic mass is 10.1. The largest absolute Gasteiger partial charge is 0.497 e. The van der Waals surface area contributed by atoms with E-state index in [0.717, 1.165) is 5.56 Å². The van der Waals surface area contributed by atoms with Crippen molar-refractivity contribution in [3.8, 4) is 5.75 Å². The van der Waals surface area contributed by atoms with Crippen molar-refractivity contribution >= 4 is 17.3 Å². The van der Waals surface area contributed by atoms with E-state index in [1.165, 1.54) is 0 Å². The number of amides is 1. The Kier molecular flexibility index (Phi) is 4.56. The van der Waals surface area contributed by atoms with E-state index in [1.54, 1.807) is 62.6 Å². The van der Waals surface area contributed by atoms with E-state index in [9.17, 15) is 4.79 Å². The molecular weight excluding hydrogens is 268 g/mol. The number of hydrogen-bond acceptors (Lipinski definition) is 4. The Morgan fingerprint density at radius 1 is 1.14 bits per heavy atom. The first-order chi connectivity index (χ1) is 10.1. The van der Waals surface area contributed by atoms with Crippen molar-refractivity contribution in [2.45, 2.75) is 6.92 Å². The average Bonchev–Trinajstić information content (AvgIpc) is 2.54. The van der Waals surface area contributed by atoms with Gasteiger partial charge in [-0.1, -0.05) is 17.3 Å². The fourth-order valence-corrected chi connectivity index (χ4v) is 1.83. The van der Waals surface area contributed by atoms with Gasteiger partial charge < -0.3 is 15.3 Å². The zero-order valence-electron chi connectivity index (χ0n) is 11.8. The van der Waals surface area contributed by atoms with Crippen LogP contribution in [0.4, 0.5) is 5.69 Å². The molecule has 0 unspecified atom stereocenters. The average molecular weight is 284 g/mol. The van der Waals surface area contributed by atoms with E-state index in [2.05, 4.69) is 10.5 Å². The second-order valence-electron chi connectivity index (χ2n) is 4.45. The Balaban J connectivity index is 2.15. The molecule has 0 fully saturated rings. The summed E-state index contributed by atoms with van der Waals surface area (Å²) in [5.41, 5.74) is 2.39. The second-order valence-corrected chi connectivity index (χ2v) is 4.45. The van der Waals surface area contributed by atoms with Gasteiger partial charge in [-0.15, -0.1) is 0 Å². The molecule has 2 rings (SSSR count). The summed E-state index contributed by atoms with van der Waals surface area (Å²) in [4.78, 5) is 12.1. The van der Waals surface area contributed by atoms with Crippen LogP contribution >= 0.6 is 0 Å². The third kappa shape index (κ3) is 3.60. The van der Waals surface area contributed by atoms with Crippen LogP contribution in [0.2, 0.25) is 0 Å². The number of benzene rings is 2. The number of anilines is 1. The first-order valence-corrected chi connectivity index (χ1v) is 6.38. The number of nitrogens with zero attached hydrogens (tertiary/aromatic N) is 1. The summed E-state index contributed by atoms with van der Waals surface area (Å²) in [5.74, 6) is 0.483. The van der Waals surface area contributed by atoms with E-state index < -0.39 is 0 Å². The number of rotatable bonds is 4.